The second kappa shape index (κ2) is 9.96. The molecule has 1 saturated heterocycles. The van der Waals surface area contributed by atoms with Crippen molar-refractivity contribution in [3.8, 4) is 28.7 Å². The van der Waals surface area contributed by atoms with Gasteiger partial charge in [-0.25, -0.2) is 9.78 Å². The van der Waals surface area contributed by atoms with Crippen LogP contribution in [0.3, 0.4) is 0 Å². The topological polar surface area (TPSA) is 112 Å². The normalized spacial score (nSPS) is 22.4. The molecule has 1 aliphatic carbocycles. The second-order valence-corrected chi connectivity index (χ2v) is 10.2. The van der Waals surface area contributed by atoms with E-state index in [9.17, 15) is 9.59 Å². The van der Waals surface area contributed by atoms with Crippen LogP contribution in [-0.2, 0) is 14.3 Å². The number of halogens is 1. The van der Waals surface area contributed by atoms with E-state index in [0.29, 0.717) is 34.3 Å². The summed E-state index contributed by atoms with van der Waals surface area (Å²) in [7, 11) is 4.60. The number of cyclic esters (lactones) is 1. The zero-order chi connectivity index (χ0) is 27.3. The van der Waals surface area contributed by atoms with E-state index in [4.69, 9.17) is 33.2 Å². The third kappa shape index (κ3) is 4.21. The largest absolute Gasteiger partial charge is 0.493 e. The Morgan fingerprint density at radius 3 is 2.26 bits per heavy atom. The van der Waals surface area contributed by atoms with Crippen molar-refractivity contribution in [3.05, 3.63) is 69.5 Å². The molecule has 0 amide bonds. The van der Waals surface area contributed by atoms with E-state index in [1.54, 1.807) is 12.1 Å². The minimum Gasteiger partial charge on any atom is -0.493 e. The van der Waals surface area contributed by atoms with Crippen LogP contribution < -0.4 is 23.7 Å². The highest BCUT2D eigenvalue weighted by molar-refractivity contribution is 9.10. The van der Waals surface area contributed by atoms with E-state index in [1.807, 2.05) is 24.3 Å². The number of ether oxygens (including phenoxy) is 7. The van der Waals surface area contributed by atoms with Crippen molar-refractivity contribution in [2.45, 2.75) is 12.0 Å². The van der Waals surface area contributed by atoms with Gasteiger partial charge >= 0.3 is 11.9 Å². The first-order valence-corrected chi connectivity index (χ1v) is 12.9. The molecular weight excluding hydrogens is 574 g/mol. The predicted octanol–water partition coefficient (Wildman–Crippen LogP) is 4.43. The van der Waals surface area contributed by atoms with Gasteiger partial charge in [-0.1, -0.05) is 0 Å². The number of carbonyl (C=O) groups excluding carboxylic acids is 2. The van der Waals surface area contributed by atoms with Gasteiger partial charge in [-0.05, 0) is 63.5 Å². The van der Waals surface area contributed by atoms with Crippen LogP contribution in [0.5, 0.6) is 28.7 Å². The predicted molar refractivity (Wildman–Crippen MR) is 139 cm³/mol. The van der Waals surface area contributed by atoms with Gasteiger partial charge < -0.3 is 33.2 Å². The number of methoxy groups -OCH3 is 3. The van der Waals surface area contributed by atoms with Gasteiger partial charge in [0.05, 0.1) is 33.9 Å². The highest BCUT2D eigenvalue weighted by Crippen LogP contribution is 2.56. The Kier molecular flexibility index (Phi) is 6.46. The average molecular weight is 598 g/mol. The maximum Gasteiger partial charge on any atom is 0.357 e. The summed E-state index contributed by atoms with van der Waals surface area (Å²) < 4.78 is 40.4. The molecule has 0 saturated carbocycles. The van der Waals surface area contributed by atoms with Gasteiger partial charge in [0.15, 0.2) is 23.0 Å². The van der Waals surface area contributed by atoms with Crippen LogP contribution in [0.1, 0.15) is 39.2 Å². The van der Waals surface area contributed by atoms with Crippen LogP contribution in [0.4, 0.5) is 0 Å². The summed E-state index contributed by atoms with van der Waals surface area (Å²) in [5, 5.41) is 0. The fraction of sp³-hybridized carbons (Fsp3) is 0.321. The first kappa shape index (κ1) is 25.3. The van der Waals surface area contributed by atoms with E-state index in [2.05, 4.69) is 20.9 Å². The summed E-state index contributed by atoms with van der Waals surface area (Å²) >= 11 is 3.32. The van der Waals surface area contributed by atoms with Crippen LogP contribution >= 0.6 is 15.9 Å². The third-order valence-electron chi connectivity index (χ3n) is 7.34. The molecule has 1 aromatic heterocycles. The molecule has 2 aromatic carbocycles. The van der Waals surface area contributed by atoms with Crippen LogP contribution in [0, 0.1) is 11.8 Å². The fourth-order valence-electron chi connectivity index (χ4n) is 5.62. The molecule has 0 N–H and O–H groups in total. The summed E-state index contributed by atoms with van der Waals surface area (Å²) in [6.45, 7) is 0.152. The van der Waals surface area contributed by atoms with Crippen LogP contribution in [0.15, 0.2) is 47.1 Å². The summed E-state index contributed by atoms with van der Waals surface area (Å²) in [5.74, 6) is -0.192. The molecule has 0 spiro atoms. The molecule has 1 fully saturated rings. The van der Waals surface area contributed by atoms with Gasteiger partial charge in [-0.3, -0.25) is 4.79 Å². The first-order valence-electron chi connectivity index (χ1n) is 12.2. The molecule has 39 heavy (non-hydrogen) atoms. The van der Waals surface area contributed by atoms with Gasteiger partial charge in [-0.2, -0.15) is 0 Å². The highest BCUT2D eigenvalue weighted by Gasteiger charge is 2.54. The van der Waals surface area contributed by atoms with Crippen molar-refractivity contribution in [1.82, 2.24) is 4.98 Å². The number of aromatic nitrogens is 1. The molecule has 4 atom stereocenters. The Bertz CT molecular complexity index is 1430. The minimum absolute atomic E-state index is 0.0647. The number of hydrogen-bond acceptors (Lipinski definition) is 10. The van der Waals surface area contributed by atoms with E-state index < -0.39 is 29.8 Å². The summed E-state index contributed by atoms with van der Waals surface area (Å²) in [6.07, 6.45) is 0.733. The SMILES string of the molecule is COc1cc([C@@H]2c3cc4c(cc3[C@H](OC(=O)c3ccc(Br)cn3)[C@H]3COC(=O)[C@H]23)OCO4)cc(OC)c1OC. The number of carbonyl (C=O) groups is 2. The molecular formula is C28H24BrNO9. The zero-order valence-electron chi connectivity index (χ0n) is 21.3. The summed E-state index contributed by atoms with van der Waals surface area (Å²) in [5.41, 5.74) is 2.34. The summed E-state index contributed by atoms with van der Waals surface area (Å²) in [4.78, 5) is 30.7. The van der Waals surface area contributed by atoms with Crippen molar-refractivity contribution in [2.75, 3.05) is 34.7 Å². The Labute approximate surface area is 232 Å². The molecule has 0 bridgehead atoms. The zero-order valence-corrected chi connectivity index (χ0v) is 22.9. The lowest BCUT2D eigenvalue weighted by Crippen LogP contribution is -2.36. The van der Waals surface area contributed by atoms with Crippen molar-refractivity contribution in [1.29, 1.82) is 0 Å². The van der Waals surface area contributed by atoms with Crippen molar-refractivity contribution in [3.63, 3.8) is 0 Å². The molecule has 0 unspecified atom stereocenters. The molecule has 6 rings (SSSR count). The lowest BCUT2D eigenvalue weighted by molar-refractivity contribution is -0.141. The molecule has 3 aliphatic rings. The van der Waals surface area contributed by atoms with Gasteiger partial charge in [0.2, 0.25) is 12.5 Å². The Morgan fingerprint density at radius 1 is 0.949 bits per heavy atom. The van der Waals surface area contributed by atoms with E-state index in [-0.39, 0.29) is 25.1 Å². The number of nitrogens with zero attached hydrogens (tertiary/aromatic N) is 1. The fourth-order valence-corrected chi connectivity index (χ4v) is 5.85. The number of hydrogen-bond donors (Lipinski definition) is 0. The van der Waals surface area contributed by atoms with Crippen LogP contribution in [0.25, 0.3) is 0 Å². The minimum atomic E-state index is -0.790. The van der Waals surface area contributed by atoms with Gasteiger partial charge in [0.25, 0.3) is 0 Å². The Morgan fingerprint density at radius 2 is 1.64 bits per heavy atom. The number of pyridine rings is 1. The third-order valence-corrected chi connectivity index (χ3v) is 7.81. The molecule has 3 aromatic rings. The number of benzene rings is 2. The molecule has 10 nitrogen and oxygen atoms in total. The summed E-state index contributed by atoms with van der Waals surface area (Å²) in [6, 6.07) is 10.6. The van der Waals surface area contributed by atoms with E-state index in [0.717, 1.165) is 15.6 Å². The smallest absolute Gasteiger partial charge is 0.357 e. The number of fused-ring (bicyclic) bond motifs is 3. The van der Waals surface area contributed by atoms with Crippen LogP contribution in [0.2, 0.25) is 0 Å². The van der Waals surface area contributed by atoms with Crippen molar-refractivity contribution < 1.29 is 42.7 Å². The molecule has 11 heteroatoms. The highest BCUT2D eigenvalue weighted by atomic mass is 79.9. The quantitative estimate of drug-likeness (QED) is 0.378. The maximum atomic E-state index is 13.3. The average Bonchev–Trinajstić information content (AvgIpc) is 3.57. The molecule has 2 aliphatic heterocycles. The molecule has 0 radical (unpaired) electrons. The standard InChI is InChI=1S/C28H24BrNO9/c1-33-21-6-13(7-22(34-2)26(21)35-3)23-15-8-19-20(38-12-37-19)9-16(15)25(17-11-36-28(32)24(17)23)39-27(31)18-5-4-14(29)10-30-18/h4-10,17,23-25H,11-12H2,1-3H3/t17-,23+,24-,25-/m0/s1. The lowest BCUT2D eigenvalue weighted by atomic mass is 9.66. The van der Waals surface area contributed by atoms with Gasteiger partial charge in [-0.15, -0.1) is 0 Å². The number of esters is 2. The van der Waals surface area contributed by atoms with Gasteiger partial charge in [0, 0.05) is 28.1 Å². The second-order valence-electron chi connectivity index (χ2n) is 9.28. The lowest BCUT2D eigenvalue weighted by Gasteiger charge is -2.38. The van der Waals surface area contributed by atoms with E-state index in [1.165, 1.54) is 27.5 Å². The maximum absolute atomic E-state index is 13.3. The van der Waals surface area contributed by atoms with Crippen molar-refractivity contribution >= 4 is 27.9 Å². The first-order chi connectivity index (χ1) is 18.9. The number of rotatable bonds is 6. The van der Waals surface area contributed by atoms with Crippen LogP contribution in [-0.4, -0.2) is 51.7 Å². The Hall–Kier alpha value is -3.99. The monoisotopic (exact) mass is 597 g/mol. The molecule has 3 heterocycles. The van der Waals surface area contributed by atoms with Gasteiger partial charge in [0.1, 0.15) is 11.8 Å². The van der Waals surface area contributed by atoms with Crippen molar-refractivity contribution in [2.24, 2.45) is 11.8 Å². The van der Waals surface area contributed by atoms with E-state index >= 15 is 0 Å². The Balaban J connectivity index is 1.51. The molecule has 202 valence electrons.